The fraction of sp³-hybridized carbons (Fsp3) is 0. The first-order chi connectivity index (χ1) is 74.3. The van der Waals surface area contributed by atoms with E-state index >= 15 is 0 Å². The van der Waals surface area contributed by atoms with Crippen molar-refractivity contribution in [1.29, 1.82) is 0 Å². The van der Waals surface area contributed by atoms with Gasteiger partial charge in [-0.3, -0.25) is 0 Å². The van der Waals surface area contributed by atoms with Gasteiger partial charge in [-0.15, -0.1) is 0 Å². The second-order valence-electron chi connectivity index (χ2n) is 37.2. The van der Waals surface area contributed by atoms with E-state index in [1.807, 2.05) is 243 Å². The molecular formula is C135H81N9O6. The van der Waals surface area contributed by atoms with Crippen LogP contribution in [-0.2, 0) is 0 Å². The molecule has 30 aromatic rings. The lowest BCUT2D eigenvalue weighted by Crippen LogP contribution is -2.00. The Balaban J connectivity index is 0.000000109. The number of nitrogens with zero attached hydrogens (tertiary/aromatic N) is 9. The summed E-state index contributed by atoms with van der Waals surface area (Å²) in [6.45, 7) is 0. The summed E-state index contributed by atoms with van der Waals surface area (Å²) in [7, 11) is 0. The van der Waals surface area contributed by atoms with Crippen molar-refractivity contribution >= 4 is 132 Å². The van der Waals surface area contributed by atoms with Gasteiger partial charge in [0.2, 0.25) is 0 Å². The second kappa shape index (κ2) is 37.0. The van der Waals surface area contributed by atoms with E-state index in [9.17, 15) is 0 Å². The molecule has 0 aliphatic carbocycles. The van der Waals surface area contributed by atoms with Crippen LogP contribution in [0.4, 0.5) is 0 Å². The first-order valence-electron chi connectivity index (χ1n) is 49.8. The lowest BCUT2D eigenvalue weighted by Gasteiger charge is -2.10. The minimum absolute atomic E-state index is 0.578. The van der Waals surface area contributed by atoms with Gasteiger partial charge in [-0.25, -0.2) is 44.9 Å². The van der Waals surface area contributed by atoms with Crippen LogP contribution in [0.5, 0.6) is 0 Å². The Kier molecular flexibility index (Phi) is 21.5. The molecule has 0 saturated heterocycles. The lowest BCUT2D eigenvalue weighted by molar-refractivity contribution is 0.668. The third-order valence-corrected chi connectivity index (χ3v) is 28.0. The molecular weight excluding hydrogens is 1840 g/mol. The highest BCUT2D eigenvalue weighted by molar-refractivity contribution is 6.20. The number of furan rings is 6. The maximum Gasteiger partial charge on any atom is 0.164 e. The molecule has 0 aliphatic rings. The van der Waals surface area contributed by atoms with Gasteiger partial charge in [-0.1, -0.05) is 400 Å². The molecule has 0 unspecified atom stereocenters. The molecule has 9 aromatic heterocycles. The molecule has 0 atom stereocenters. The topological polar surface area (TPSA) is 195 Å². The molecule has 0 radical (unpaired) electrons. The Morgan fingerprint density at radius 2 is 0.320 bits per heavy atom. The Labute approximate surface area is 857 Å². The number of para-hydroxylation sites is 6. The number of hydrogen-bond donors (Lipinski definition) is 0. The second-order valence-corrected chi connectivity index (χ2v) is 37.2. The van der Waals surface area contributed by atoms with Gasteiger partial charge < -0.3 is 26.5 Å². The van der Waals surface area contributed by atoms with Crippen molar-refractivity contribution < 1.29 is 26.5 Å². The molecule has 0 spiro atoms. The quantitative estimate of drug-likeness (QED) is 0.0939. The average Bonchev–Trinajstić information content (AvgIpc) is 1.59. The van der Waals surface area contributed by atoms with Crippen LogP contribution in [-0.4, -0.2) is 44.9 Å². The SMILES string of the molecule is c1ccc(-c2cccc(-c3nc(-c4ccccc4)nc(-c4ccc5c(c4)oc4cccc(-c6cccc(-c7cccc8c7oc7ccccc78)c6)c45)n3)c2)cc1.c1ccc(-c2nc(-c3ccccc3)nc(-c3ccc4c(c3)oc3cccc(-c5cccc(-c6cccc7c6oc6ccccc67)c5)c34)n2)cc1.c1ccc(-c2nc(-c3ccccc3)nc(-c3ccc4c(c3)oc3cccc(-c5cccc6c5oc5ccccc56)c34)n2)cc1. The summed E-state index contributed by atoms with van der Waals surface area (Å²) in [6, 6.07) is 167. The van der Waals surface area contributed by atoms with Crippen LogP contribution in [0.2, 0.25) is 0 Å². The van der Waals surface area contributed by atoms with Gasteiger partial charge in [0.15, 0.2) is 52.4 Å². The normalized spacial score (nSPS) is 11.6. The van der Waals surface area contributed by atoms with Gasteiger partial charge in [0.25, 0.3) is 0 Å². The molecule has 0 aliphatic heterocycles. The Bertz CT molecular complexity index is 10400. The zero-order chi connectivity index (χ0) is 99.1. The summed E-state index contributed by atoms with van der Waals surface area (Å²) in [5, 5.41) is 12.9. The van der Waals surface area contributed by atoms with E-state index in [4.69, 9.17) is 71.4 Å². The average molecular weight is 1930 g/mol. The maximum atomic E-state index is 6.59. The van der Waals surface area contributed by atoms with Crippen molar-refractivity contribution in [3.63, 3.8) is 0 Å². The van der Waals surface area contributed by atoms with Crippen LogP contribution in [0.25, 0.3) is 301 Å². The fourth-order valence-electron chi connectivity index (χ4n) is 20.9. The molecule has 15 nitrogen and oxygen atoms in total. The molecule has 702 valence electrons. The smallest absolute Gasteiger partial charge is 0.164 e. The monoisotopic (exact) mass is 1920 g/mol. The van der Waals surface area contributed by atoms with E-state index in [0.717, 1.165) is 248 Å². The predicted octanol–water partition coefficient (Wildman–Crippen LogP) is 36.0. The molecule has 0 fully saturated rings. The molecule has 0 N–H and O–H groups in total. The van der Waals surface area contributed by atoms with Gasteiger partial charge in [0.05, 0.1) is 0 Å². The third-order valence-electron chi connectivity index (χ3n) is 28.0. The number of fused-ring (bicyclic) bond motifs is 18. The van der Waals surface area contributed by atoms with Crippen LogP contribution in [0, 0.1) is 0 Å². The Morgan fingerprint density at radius 3 is 0.660 bits per heavy atom. The van der Waals surface area contributed by atoms with E-state index in [1.54, 1.807) is 0 Å². The van der Waals surface area contributed by atoms with Gasteiger partial charge in [0.1, 0.15) is 67.0 Å². The van der Waals surface area contributed by atoms with Crippen molar-refractivity contribution in [2.75, 3.05) is 0 Å². The van der Waals surface area contributed by atoms with Crippen molar-refractivity contribution in [2.45, 2.75) is 0 Å². The van der Waals surface area contributed by atoms with E-state index in [2.05, 4.69) is 249 Å². The number of benzene rings is 21. The number of rotatable bonds is 15. The van der Waals surface area contributed by atoms with Crippen LogP contribution in [0.1, 0.15) is 0 Å². The van der Waals surface area contributed by atoms with Crippen molar-refractivity contribution in [3.8, 4) is 169 Å². The highest BCUT2D eigenvalue weighted by Gasteiger charge is 2.26. The maximum absolute atomic E-state index is 6.59. The van der Waals surface area contributed by atoms with Crippen LogP contribution in [0.15, 0.2) is 518 Å². The molecule has 0 saturated carbocycles. The van der Waals surface area contributed by atoms with Crippen molar-refractivity contribution in [3.05, 3.63) is 491 Å². The number of aromatic nitrogens is 9. The van der Waals surface area contributed by atoms with Gasteiger partial charge in [0, 0.05) is 131 Å². The predicted molar refractivity (Wildman–Crippen MR) is 605 cm³/mol. The van der Waals surface area contributed by atoms with Gasteiger partial charge in [-0.05, 0) is 141 Å². The highest BCUT2D eigenvalue weighted by atomic mass is 16.3. The summed E-state index contributed by atoms with van der Waals surface area (Å²) < 4.78 is 38.8. The van der Waals surface area contributed by atoms with Gasteiger partial charge >= 0.3 is 0 Å². The summed E-state index contributed by atoms with van der Waals surface area (Å²) >= 11 is 0. The largest absolute Gasteiger partial charge is 0.456 e. The molecule has 0 amide bonds. The first-order valence-corrected chi connectivity index (χ1v) is 49.8. The highest BCUT2D eigenvalue weighted by Crippen LogP contribution is 2.48. The fourth-order valence-corrected chi connectivity index (χ4v) is 20.9. The first kappa shape index (κ1) is 87.3. The summed E-state index contributed by atoms with van der Waals surface area (Å²) in [4.78, 5) is 44.4. The summed E-state index contributed by atoms with van der Waals surface area (Å²) in [5.41, 5.74) is 31.3. The van der Waals surface area contributed by atoms with Crippen LogP contribution in [0.3, 0.4) is 0 Å². The Hall–Kier alpha value is -20.6. The van der Waals surface area contributed by atoms with E-state index in [-0.39, 0.29) is 0 Å². The minimum Gasteiger partial charge on any atom is -0.456 e. The van der Waals surface area contributed by atoms with Crippen molar-refractivity contribution in [2.24, 2.45) is 0 Å². The molecule has 0 bridgehead atoms. The molecule has 30 rings (SSSR count). The molecule has 21 aromatic carbocycles. The third kappa shape index (κ3) is 15.9. The van der Waals surface area contributed by atoms with Gasteiger partial charge in [-0.2, -0.15) is 0 Å². The van der Waals surface area contributed by atoms with E-state index < -0.39 is 0 Å². The van der Waals surface area contributed by atoms with Crippen LogP contribution >= 0.6 is 0 Å². The number of hydrogen-bond acceptors (Lipinski definition) is 15. The van der Waals surface area contributed by atoms with Crippen molar-refractivity contribution in [1.82, 2.24) is 44.9 Å². The van der Waals surface area contributed by atoms with Crippen LogP contribution < -0.4 is 0 Å². The zero-order valence-corrected chi connectivity index (χ0v) is 80.2. The molecule has 150 heavy (non-hydrogen) atoms. The molecule has 15 heteroatoms. The summed E-state index contributed by atoms with van der Waals surface area (Å²) in [6.07, 6.45) is 0. The minimum atomic E-state index is 0.578. The lowest BCUT2D eigenvalue weighted by atomic mass is 9.95. The van der Waals surface area contributed by atoms with E-state index in [0.29, 0.717) is 52.4 Å². The summed E-state index contributed by atoms with van der Waals surface area (Å²) in [5.74, 6) is 5.48. The zero-order valence-electron chi connectivity index (χ0n) is 80.2. The molecule has 9 heterocycles. The van der Waals surface area contributed by atoms with E-state index in [1.165, 1.54) is 0 Å². The Morgan fingerprint density at radius 1 is 0.107 bits per heavy atom. The standard InChI is InChI=1S/C51H31N3O2.C45H27N3O2.C39H23N3O2/c1-3-13-32(14-4-1)34-17-9-20-37(29-34)50-52-49(33-15-5-2-6-16-33)53-51(54-50)38-27-28-43-46(31-38)55-45-26-12-22-39(47(43)45)35-18-10-19-36(30-35)40-23-11-24-42-41-21-7-8-25-44(41)56-48(40)42;1-3-12-28(13-4-1)43-46-44(29-14-5-2-6-15-29)48-45(47-43)32-24-25-37-40(27-32)49-39-23-11-19-33(41(37)39)30-16-9-17-31(26-30)34-20-10-21-36-35-18-7-8-22-38(35)50-42(34)36;1-3-11-24(12-4-1)37-40-38(25-13-5-2-6-14-25)42-39(41-37)26-21-22-31-34(23-26)43-33-20-10-16-28(35(31)33)30-18-9-17-29-27-15-7-8-19-32(27)44-36(29)30/h1-31H;1-27H;1-23H.